The number of ether oxygens (including phenoxy) is 3. The van der Waals surface area contributed by atoms with Gasteiger partial charge in [0.15, 0.2) is 24.2 Å². The lowest BCUT2D eigenvalue weighted by Crippen LogP contribution is -2.36. The summed E-state index contributed by atoms with van der Waals surface area (Å²) in [4.78, 5) is 23.5. The number of aryl methyl sites for hydroxylation is 1. The van der Waals surface area contributed by atoms with Crippen LogP contribution in [0.3, 0.4) is 0 Å². The summed E-state index contributed by atoms with van der Waals surface area (Å²) in [6.07, 6.45) is 0. The first-order valence-electron chi connectivity index (χ1n) is 7.98. The molecule has 1 amide bonds. The number of hydrogen-bond donors (Lipinski definition) is 2. The Morgan fingerprint density at radius 1 is 1.11 bits per heavy atom. The zero-order chi connectivity index (χ0) is 20.0. The second-order valence-corrected chi connectivity index (χ2v) is 5.65. The minimum absolute atomic E-state index is 0.0209. The van der Waals surface area contributed by atoms with Crippen LogP contribution in [0.2, 0.25) is 0 Å². The lowest BCUT2D eigenvalue weighted by atomic mass is 10.1. The van der Waals surface area contributed by atoms with Crippen LogP contribution in [-0.2, 0) is 9.59 Å². The van der Waals surface area contributed by atoms with Crippen LogP contribution in [0.4, 0.5) is 4.39 Å². The summed E-state index contributed by atoms with van der Waals surface area (Å²) < 4.78 is 29.1. The largest absolute Gasteiger partial charge is 0.496 e. The molecule has 1 unspecified atom stereocenters. The minimum atomic E-state index is -1.42. The number of carboxylic acid groups (broad SMARTS) is 1. The molecule has 144 valence electrons. The quantitative estimate of drug-likeness (QED) is 0.734. The number of rotatable bonds is 8. The van der Waals surface area contributed by atoms with Crippen molar-refractivity contribution in [3.05, 3.63) is 53.3 Å². The van der Waals surface area contributed by atoms with Gasteiger partial charge in [0.05, 0.1) is 14.2 Å². The van der Waals surface area contributed by atoms with E-state index in [0.29, 0.717) is 11.5 Å². The third kappa shape index (κ3) is 5.10. The van der Waals surface area contributed by atoms with E-state index in [0.717, 1.165) is 11.6 Å². The SMILES string of the molecule is COc1ccc(OCC(=O)NC(C(=O)O)c2ccc(OC)c(F)c2)cc1C. The van der Waals surface area contributed by atoms with Crippen molar-refractivity contribution in [2.75, 3.05) is 20.8 Å². The van der Waals surface area contributed by atoms with Gasteiger partial charge in [0.1, 0.15) is 11.5 Å². The number of hydrogen-bond acceptors (Lipinski definition) is 5. The van der Waals surface area contributed by atoms with Crippen molar-refractivity contribution in [1.82, 2.24) is 5.32 Å². The third-order valence-corrected chi connectivity index (χ3v) is 3.80. The molecule has 0 aromatic heterocycles. The molecule has 0 aliphatic carbocycles. The van der Waals surface area contributed by atoms with Gasteiger partial charge in [-0.25, -0.2) is 9.18 Å². The van der Waals surface area contributed by atoms with Crippen LogP contribution < -0.4 is 19.5 Å². The van der Waals surface area contributed by atoms with E-state index < -0.39 is 30.3 Å². The Balaban J connectivity index is 2.04. The predicted octanol–water partition coefficient (Wildman–Crippen LogP) is 2.47. The van der Waals surface area contributed by atoms with Crippen LogP contribution in [-0.4, -0.2) is 37.8 Å². The van der Waals surface area contributed by atoms with Crippen molar-refractivity contribution < 1.29 is 33.3 Å². The highest BCUT2D eigenvalue weighted by Crippen LogP contribution is 2.24. The lowest BCUT2D eigenvalue weighted by molar-refractivity contribution is -0.142. The normalized spacial score (nSPS) is 11.4. The Labute approximate surface area is 155 Å². The minimum Gasteiger partial charge on any atom is -0.496 e. The van der Waals surface area contributed by atoms with E-state index in [1.54, 1.807) is 25.3 Å². The van der Waals surface area contributed by atoms with Crippen molar-refractivity contribution in [3.8, 4) is 17.2 Å². The average Bonchev–Trinajstić information content (AvgIpc) is 2.64. The Morgan fingerprint density at radius 2 is 1.78 bits per heavy atom. The number of nitrogens with one attached hydrogen (secondary N) is 1. The van der Waals surface area contributed by atoms with Gasteiger partial charge in [0.2, 0.25) is 0 Å². The number of aliphatic carboxylic acids is 1. The van der Waals surface area contributed by atoms with Crippen molar-refractivity contribution in [2.45, 2.75) is 13.0 Å². The first kappa shape index (κ1) is 20.0. The molecule has 0 radical (unpaired) electrons. The highest BCUT2D eigenvalue weighted by Gasteiger charge is 2.23. The molecular weight excluding hydrogens is 357 g/mol. The summed E-state index contributed by atoms with van der Waals surface area (Å²) in [6.45, 7) is 1.43. The number of benzene rings is 2. The average molecular weight is 377 g/mol. The van der Waals surface area contributed by atoms with E-state index in [-0.39, 0.29) is 11.3 Å². The highest BCUT2D eigenvalue weighted by molar-refractivity contribution is 5.85. The van der Waals surface area contributed by atoms with Crippen molar-refractivity contribution in [2.24, 2.45) is 0 Å². The standard InChI is InChI=1S/C19H20FNO6/c1-11-8-13(5-7-15(11)25-2)27-10-17(22)21-18(19(23)24)12-4-6-16(26-3)14(20)9-12/h4-9,18H,10H2,1-3H3,(H,21,22)(H,23,24). The summed E-state index contributed by atoms with van der Waals surface area (Å²) in [6, 6.07) is 7.28. The maximum Gasteiger partial charge on any atom is 0.330 e. The molecule has 2 N–H and O–H groups in total. The summed E-state index contributed by atoms with van der Waals surface area (Å²) in [5.74, 6) is -1.61. The molecule has 0 aliphatic rings. The summed E-state index contributed by atoms with van der Waals surface area (Å²) >= 11 is 0. The molecule has 7 nitrogen and oxygen atoms in total. The fraction of sp³-hybridized carbons (Fsp3) is 0.263. The molecule has 0 fully saturated rings. The molecule has 0 bridgehead atoms. The number of amides is 1. The van der Waals surface area contributed by atoms with E-state index in [1.165, 1.54) is 19.2 Å². The van der Waals surface area contributed by atoms with Crippen LogP contribution >= 0.6 is 0 Å². The molecule has 2 aromatic carbocycles. The maximum atomic E-state index is 13.8. The van der Waals surface area contributed by atoms with Gasteiger partial charge >= 0.3 is 5.97 Å². The van der Waals surface area contributed by atoms with Crippen LogP contribution in [0.25, 0.3) is 0 Å². The molecule has 1 atom stereocenters. The van der Waals surface area contributed by atoms with Gasteiger partial charge in [-0.3, -0.25) is 4.79 Å². The van der Waals surface area contributed by atoms with Gasteiger partial charge in [-0.1, -0.05) is 6.07 Å². The summed E-state index contributed by atoms with van der Waals surface area (Å²) in [7, 11) is 2.84. The van der Waals surface area contributed by atoms with Crippen molar-refractivity contribution in [1.29, 1.82) is 0 Å². The van der Waals surface area contributed by atoms with Gasteiger partial charge in [0.25, 0.3) is 5.91 Å². The van der Waals surface area contributed by atoms with Gasteiger partial charge in [-0.2, -0.15) is 0 Å². The zero-order valence-corrected chi connectivity index (χ0v) is 15.1. The van der Waals surface area contributed by atoms with Gasteiger partial charge < -0.3 is 24.6 Å². The van der Waals surface area contributed by atoms with Crippen LogP contribution in [0.15, 0.2) is 36.4 Å². The van der Waals surface area contributed by atoms with E-state index in [1.807, 2.05) is 6.92 Å². The zero-order valence-electron chi connectivity index (χ0n) is 15.1. The molecule has 0 saturated carbocycles. The molecule has 27 heavy (non-hydrogen) atoms. The fourth-order valence-electron chi connectivity index (χ4n) is 2.44. The summed E-state index contributed by atoms with van der Waals surface area (Å²) in [5.41, 5.74) is 0.905. The van der Waals surface area contributed by atoms with Gasteiger partial charge in [-0.15, -0.1) is 0 Å². The Hall–Kier alpha value is -3.29. The Morgan fingerprint density at radius 3 is 2.33 bits per heavy atom. The third-order valence-electron chi connectivity index (χ3n) is 3.80. The molecule has 0 spiro atoms. The molecule has 0 saturated heterocycles. The Kier molecular flexibility index (Phi) is 6.59. The van der Waals surface area contributed by atoms with Crippen LogP contribution in [0, 0.1) is 12.7 Å². The molecule has 0 heterocycles. The fourth-order valence-corrected chi connectivity index (χ4v) is 2.44. The molecular formula is C19H20FNO6. The first-order valence-corrected chi connectivity index (χ1v) is 7.98. The maximum absolute atomic E-state index is 13.8. The summed E-state index contributed by atoms with van der Waals surface area (Å²) in [5, 5.41) is 11.7. The number of carbonyl (C=O) groups is 2. The van der Waals surface area contributed by atoms with Gasteiger partial charge in [0, 0.05) is 0 Å². The second kappa shape index (κ2) is 8.88. The van der Waals surface area contributed by atoms with E-state index in [9.17, 15) is 19.1 Å². The van der Waals surface area contributed by atoms with E-state index in [2.05, 4.69) is 5.32 Å². The second-order valence-electron chi connectivity index (χ2n) is 5.65. The Bertz CT molecular complexity index is 839. The smallest absolute Gasteiger partial charge is 0.330 e. The van der Waals surface area contributed by atoms with E-state index in [4.69, 9.17) is 14.2 Å². The van der Waals surface area contributed by atoms with Gasteiger partial charge in [-0.05, 0) is 48.4 Å². The molecule has 8 heteroatoms. The van der Waals surface area contributed by atoms with Crippen molar-refractivity contribution >= 4 is 11.9 Å². The molecule has 2 rings (SSSR count). The van der Waals surface area contributed by atoms with E-state index >= 15 is 0 Å². The number of carboxylic acids is 1. The lowest BCUT2D eigenvalue weighted by Gasteiger charge is -2.16. The van der Waals surface area contributed by atoms with Crippen molar-refractivity contribution in [3.63, 3.8) is 0 Å². The predicted molar refractivity (Wildman–Crippen MR) is 94.7 cm³/mol. The number of carbonyl (C=O) groups excluding carboxylic acids is 1. The monoisotopic (exact) mass is 377 g/mol. The highest BCUT2D eigenvalue weighted by atomic mass is 19.1. The van der Waals surface area contributed by atoms with Crippen LogP contribution in [0.1, 0.15) is 17.2 Å². The first-order chi connectivity index (χ1) is 12.8. The van der Waals surface area contributed by atoms with Crippen LogP contribution in [0.5, 0.6) is 17.2 Å². The topological polar surface area (TPSA) is 94.1 Å². The number of halogens is 1. The molecule has 0 aliphatic heterocycles. The number of methoxy groups -OCH3 is 2. The molecule has 2 aromatic rings.